The van der Waals surface area contributed by atoms with Gasteiger partial charge in [-0.25, -0.2) is 0 Å². The molecule has 0 amide bonds. The number of rotatable bonds is 2. The summed E-state index contributed by atoms with van der Waals surface area (Å²) in [6.07, 6.45) is 7.81. The van der Waals surface area contributed by atoms with Crippen molar-refractivity contribution in [1.82, 2.24) is 19.9 Å². The number of aromatic nitrogens is 4. The lowest BCUT2D eigenvalue weighted by Gasteiger charge is -2.22. The Hall–Kier alpha value is -4.96. The van der Waals surface area contributed by atoms with Crippen molar-refractivity contribution in [3.63, 3.8) is 0 Å². The molecule has 9 rings (SSSR count). The summed E-state index contributed by atoms with van der Waals surface area (Å²) in [5.74, 6) is 0. The van der Waals surface area contributed by atoms with Crippen molar-refractivity contribution in [3.8, 4) is 56.2 Å². The van der Waals surface area contributed by atoms with Crippen LogP contribution >= 0.6 is 0 Å². The van der Waals surface area contributed by atoms with Gasteiger partial charge in [-0.3, -0.25) is 19.9 Å². The minimum absolute atomic E-state index is 0.0599. The largest absolute Gasteiger partial charge is 0.256 e. The molecule has 3 aliphatic carbocycles. The number of benzene rings is 2. The van der Waals surface area contributed by atoms with Gasteiger partial charge in [-0.2, -0.15) is 0 Å². The fraction of sp³-hybridized carbons (Fsp3) is 0.220. The van der Waals surface area contributed by atoms with Gasteiger partial charge in [-0.05, 0) is 80.9 Å². The molecule has 0 aliphatic heterocycles. The Balaban J connectivity index is 1.11. The highest BCUT2D eigenvalue weighted by Crippen LogP contribution is 2.52. The van der Waals surface area contributed by atoms with Gasteiger partial charge in [0, 0.05) is 63.3 Å². The third kappa shape index (κ3) is 3.43. The molecule has 6 aromatic rings. The van der Waals surface area contributed by atoms with E-state index in [1.807, 2.05) is 36.9 Å². The second-order valence-electron chi connectivity index (χ2n) is 14.4. The second kappa shape index (κ2) is 8.60. The quantitative estimate of drug-likeness (QED) is 0.204. The summed E-state index contributed by atoms with van der Waals surface area (Å²) in [4.78, 5) is 19.7. The molecule has 4 heterocycles. The fourth-order valence-corrected chi connectivity index (χ4v) is 8.19. The Morgan fingerprint density at radius 3 is 1.24 bits per heavy atom. The van der Waals surface area contributed by atoms with E-state index < -0.39 is 0 Å². The number of hydrogen-bond donors (Lipinski definition) is 0. The van der Waals surface area contributed by atoms with E-state index in [-0.39, 0.29) is 16.2 Å². The van der Waals surface area contributed by atoms with Gasteiger partial charge in [-0.1, -0.05) is 77.9 Å². The van der Waals surface area contributed by atoms with Crippen LogP contribution in [-0.4, -0.2) is 19.9 Å². The molecule has 0 atom stereocenters. The topological polar surface area (TPSA) is 51.6 Å². The van der Waals surface area contributed by atoms with Crippen molar-refractivity contribution in [3.05, 3.63) is 131 Å². The van der Waals surface area contributed by atoms with Gasteiger partial charge < -0.3 is 0 Å². The molecule has 0 radical (unpaired) electrons. The van der Waals surface area contributed by atoms with Gasteiger partial charge in [0.1, 0.15) is 0 Å². The van der Waals surface area contributed by atoms with Crippen molar-refractivity contribution >= 4 is 0 Å². The van der Waals surface area contributed by atoms with Gasteiger partial charge >= 0.3 is 0 Å². The predicted octanol–water partition coefficient (Wildman–Crippen LogP) is 9.52. The first-order valence-corrected chi connectivity index (χ1v) is 15.8. The first-order chi connectivity index (χ1) is 21.6. The van der Waals surface area contributed by atoms with Crippen LogP contribution < -0.4 is 0 Å². The SMILES string of the molecule is CC1(C)c2ccc(-c3cnc4c(c3)C(C)(C)c3cc(-c5ccc6c(c5)-c5ncccc5C6(C)C)cnc3-4)cc2-c2ncccc21. The van der Waals surface area contributed by atoms with Crippen LogP contribution in [0.25, 0.3) is 56.2 Å². The molecule has 218 valence electrons. The Bertz CT molecular complexity index is 2100. The van der Waals surface area contributed by atoms with E-state index >= 15 is 0 Å². The van der Waals surface area contributed by atoms with Crippen LogP contribution in [0.4, 0.5) is 0 Å². The molecule has 4 heteroatoms. The summed E-state index contributed by atoms with van der Waals surface area (Å²) >= 11 is 0. The van der Waals surface area contributed by atoms with E-state index in [2.05, 4.69) is 102 Å². The molecule has 0 fully saturated rings. The molecular weight excluding hydrogens is 548 g/mol. The molecule has 3 aliphatic rings. The van der Waals surface area contributed by atoms with Crippen LogP contribution in [0.5, 0.6) is 0 Å². The normalized spacial score (nSPS) is 16.8. The summed E-state index contributed by atoms with van der Waals surface area (Å²) in [6.45, 7) is 13.7. The van der Waals surface area contributed by atoms with E-state index in [9.17, 15) is 0 Å². The molecule has 45 heavy (non-hydrogen) atoms. The van der Waals surface area contributed by atoms with E-state index in [0.717, 1.165) is 45.0 Å². The Morgan fingerprint density at radius 2 is 0.800 bits per heavy atom. The highest BCUT2D eigenvalue weighted by molar-refractivity contribution is 5.86. The molecule has 0 unspecified atom stereocenters. The Kier molecular flexibility index (Phi) is 5.05. The maximum atomic E-state index is 5.04. The molecule has 0 spiro atoms. The smallest absolute Gasteiger partial charge is 0.0930 e. The molecule has 0 saturated heterocycles. The Morgan fingerprint density at radius 1 is 0.378 bits per heavy atom. The highest BCUT2D eigenvalue weighted by atomic mass is 14.8. The Labute approximate surface area is 264 Å². The van der Waals surface area contributed by atoms with E-state index in [1.165, 1.54) is 44.5 Å². The average molecular weight is 583 g/mol. The van der Waals surface area contributed by atoms with Crippen molar-refractivity contribution in [2.75, 3.05) is 0 Å². The highest BCUT2D eigenvalue weighted by Gasteiger charge is 2.40. The van der Waals surface area contributed by atoms with Crippen molar-refractivity contribution in [2.24, 2.45) is 0 Å². The van der Waals surface area contributed by atoms with Crippen LogP contribution in [0.3, 0.4) is 0 Å². The van der Waals surface area contributed by atoms with Crippen LogP contribution in [0.1, 0.15) is 74.9 Å². The zero-order valence-corrected chi connectivity index (χ0v) is 26.5. The predicted molar refractivity (Wildman–Crippen MR) is 181 cm³/mol. The summed E-state index contributed by atoms with van der Waals surface area (Å²) in [7, 11) is 0. The molecule has 0 N–H and O–H groups in total. The number of hydrogen-bond acceptors (Lipinski definition) is 4. The minimum atomic E-state index is -0.240. The summed E-state index contributed by atoms with van der Waals surface area (Å²) in [5.41, 5.74) is 18.4. The monoisotopic (exact) mass is 582 g/mol. The maximum absolute atomic E-state index is 5.04. The second-order valence-corrected chi connectivity index (χ2v) is 14.4. The number of fused-ring (bicyclic) bond motifs is 9. The van der Waals surface area contributed by atoms with Gasteiger partial charge in [-0.15, -0.1) is 0 Å². The molecule has 4 aromatic heterocycles. The average Bonchev–Trinajstić information content (AvgIpc) is 3.53. The third-order valence-corrected chi connectivity index (χ3v) is 10.9. The van der Waals surface area contributed by atoms with Gasteiger partial charge in [0.05, 0.1) is 22.8 Å². The zero-order chi connectivity index (χ0) is 30.9. The van der Waals surface area contributed by atoms with Crippen LogP contribution in [0.2, 0.25) is 0 Å². The van der Waals surface area contributed by atoms with Crippen molar-refractivity contribution in [2.45, 2.75) is 57.8 Å². The molecule has 0 saturated carbocycles. The maximum Gasteiger partial charge on any atom is 0.0930 e. The molecule has 4 nitrogen and oxygen atoms in total. The van der Waals surface area contributed by atoms with Crippen LogP contribution in [0, 0.1) is 0 Å². The first kappa shape index (κ1) is 26.4. The van der Waals surface area contributed by atoms with Gasteiger partial charge in [0.25, 0.3) is 0 Å². The van der Waals surface area contributed by atoms with Crippen molar-refractivity contribution in [1.29, 1.82) is 0 Å². The summed E-state index contributed by atoms with van der Waals surface area (Å²) in [6, 6.07) is 26.8. The number of nitrogens with zero attached hydrogens (tertiary/aromatic N) is 4. The van der Waals surface area contributed by atoms with E-state index in [1.54, 1.807) is 0 Å². The van der Waals surface area contributed by atoms with E-state index in [0.29, 0.717) is 0 Å². The minimum Gasteiger partial charge on any atom is -0.256 e. The lowest BCUT2D eigenvalue weighted by atomic mass is 9.81. The third-order valence-electron chi connectivity index (χ3n) is 10.9. The zero-order valence-electron chi connectivity index (χ0n) is 26.5. The standard InChI is InChI=1S/C41H34N4/c1-39(2)29-13-11-23(17-27(29)35-31(39)9-7-15-42-35)25-19-33-37(44-21-25)38-34(41(33,5)6)20-26(22-45-38)24-12-14-30-28(18-24)36-32(40(30,3)4)10-8-16-43-36/h7-22H,1-6H3. The van der Waals surface area contributed by atoms with Crippen molar-refractivity contribution < 1.29 is 0 Å². The van der Waals surface area contributed by atoms with Gasteiger partial charge in [0.15, 0.2) is 0 Å². The molecule has 2 aromatic carbocycles. The van der Waals surface area contributed by atoms with E-state index in [4.69, 9.17) is 19.9 Å². The van der Waals surface area contributed by atoms with Crippen LogP contribution in [-0.2, 0) is 16.2 Å². The summed E-state index contributed by atoms with van der Waals surface area (Å²) < 4.78 is 0. The fourth-order valence-electron chi connectivity index (χ4n) is 8.19. The molecule has 0 bridgehead atoms. The lowest BCUT2D eigenvalue weighted by Crippen LogP contribution is -2.15. The van der Waals surface area contributed by atoms with Gasteiger partial charge in [0.2, 0.25) is 0 Å². The van der Waals surface area contributed by atoms with Crippen LogP contribution in [0.15, 0.2) is 97.6 Å². The summed E-state index contributed by atoms with van der Waals surface area (Å²) in [5, 5.41) is 0. The molecular formula is C41H34N4. The number of pyridine rings is 4. The lowest BCUT2D eigenvalue weighted by molar-refractivity contribution is 0.658. The first-order valence-electron chi connectivity index (χ1n) is 15.8.